The van der Waals surface area contributed by atoms with Gasteiger partial charge in [-0.3, -0.25) is 0 Å². The maximum absolute atomic E-state index is 6.30. The molecule has 0 saturated carbocycles. The van der Waals surface area contributed by atoms with E-state index in [0.29, 0.717) is 11.2 Å². The fourth-order valence-electron chi connectivity index (χ4n) is 1.98. The van der Waals surface area contributed by atoms with Gasteiger partial charge in [-0.15, -0.1) is 0 Å². The van der Waals surface area contributed by atoms with E-state index in [1.54, 1.807) is 0 Å². The highest BCUT2D eigenvalue weighted by molar-refractivity contribution is 6.30. The van der Waals surface area contributed by atoms with Gasteiger partial charge in [0, 0.05) is 23.6 Å². The molecule has 1 heterocycles. The van der Waals surface area contributed by atoms with E-state index in [-0.39, 0.29) is 5.41 Å². The zero-order chi connectivity index (χ0) is 14.8. The second-order valence-electron chi connectivity index (χ2n) is 6.08. The van der Waals surface area contributed by atoms with Crippen LogP contribution in [-0.2, 0) is 5.41 Å². The lowest BCUT2D eigenvalue weighted by atomic mass is 9.95. The van der Waals surface area contributed by atoms with Crippen molar-refractivity contribution in [2.75, 3.05) is 11.4 Å². The minimum atomic E-state index is -0.0963. The van der Waals surface area contributed by atoms with Crippen molar-refractivity contribution in [3.63, 3.8) is 0 Å². The van der Waals surface area contributed by atoms with Crippen LogP contribution >= 0.6 is 11.6 Å². The van der Waals surface area contributed by atoms with Crippen LogP contribution in [0.15, 0.2) is 0 Å². The molecule has 0 fully saturated rings. The van der Waals surface area contributed by atoms with E-state index in [9.17, 15) is 0 Å². The van der Waals surface area contributed by atoms with Gasteiger partial charge in [-0.25, -0.2) is 9.97 Å². The molecule has 0 aromatic carbocycles. The van der Waals surface area contributed by atoms with Gasteiger partial charge in [0.2, 0.25) is 0 Å². The molecule has 0 spiro atoms. The van der Waals surface area contributed by atoms with E-state index in [2.05, 4.69) is 51.4 Å². The van der Waals surface area contributed by atoms with Crippen molar-refractivity contribution in [1.82, 2.24) is 9.97 Å². The Labute approximate surface area is 122 Å². The molecule has 19 heavy (non-hydrogen) atoms. The Balaban J connectivity index is 3.37. The average molecular weight is 284 g/mol. The van der Waals surface area contributed by atoms with Crippen LogP contribution in [-0.4, -0.2) is 22.6 Å². The summed E-state index contributed by atoms with van der Waals surface area (Å²) in [6.07, 6.45) is 1.08. The molecular weight excluding hydrogens is 258 g/mol. The van der Waals surface area contributed by atoms with Gasteiger partial charge in [0.25, 0.3) is 0 Å². The lowest BCUT2D eigenvalue weighted by molar-refractivity contribution is 0.538. The number of nitrogens with zero attached hydrogens (tertiary/aromatic N) is 3. The predicted molar refractivity (Wildman–Crippen MR) is 83.3 cm³/mol. The molecule has 0 aliphatic rings. The van der Waals surface area contributed by atoms with Crippen LogP contribution in [0.4, 0.5) is 5.82 Å². The van der Waals surface area contributed by atoms with Gasteiger partial charge >= 0.3 is 0 Å². The summed E-state index contributed by atoms with van der Waals surface area (Å²) in [6.45, 7) is 15.8. The summed E-state index contributed by atoms with van der Waals surface area (Å²) < 4.78 is 0. The van der Waals surface area contributed by atoms with Crippen LogP contribution in [0.3, 0.4) is 0 Å². The molecule has 1 unspecified atom stereocenters. The molecule has 1 aromatic heterocycles. The smallest absolute Gasteiger partial charge is 0.137 e. The minimum absolute atomic E-state index is 0.0963. The summed E-state index contributed by atoms with van der Waals surface area (Å²) in [5, 5.41) is 0.566. The van der Waals surface area contributed by atoms with Crippen molar-refractivity contribution in [1.29, 1.82) is 0 Å². The Hall–Kier alpha value is -0.830. The van der Waals surface area contributed by atoms with Gasteiger partial charge in [-0.2, -0.15) is 0 Å². The second kappa shape index (κ2) is 6.08. The molecule has 108 valence electrons. The molecule has 0 radical (unpaired) electrons. The molecule has 0 aliphatic carbocycles. The van der Waals surface area contributed by atoms with E-state index in [1.165, 1.54) is 0 Å². The third-order valence-electron chi connectivity index (χ3n) is 3.47. The average Bonchev–Trinajstić information content (AvgIpc) is 2.33. The van der Waals surface area contributed by atoms with Crippen LogP contribution in [0.5, 0.6) is 0 Å². The van der Waals surface area contributed by atoms with Gasteiger partial charge < -0.3 is 4.90 Å². The van der Waals surface area contributed by atoms with Crippen LogP contribution in [0.25, 0.3) is 0 Å². The zero-order valence-electron chi connectivity index (χ0n) is 13.2. The fourth-order valence-corrected chi connectivity index (χ4v) is 2.15. The number of hydrogen-bond acceptors (Lipinski definition) is 3. The lowest BCUT2D eigenvalue weighted by Gasteiger charge is -2.31. The molecule has 1 atom stereocenters. The number of aromatic nitrogens is 2. The van der Waals surface area contributed by atoms with Crippen molar-refractivity contribution in [3.8, 4) is 0 Å². The van der Waals surface area contributed by atoms with Gasteiger partial charge in [0.05, 0.1) is 0 Å². The van der Waals surface area contributed by atoms with E-state index in [1.807, 2.05) is 6.92 Å². The topological polar surface area (TPSA) is 29.0 Å². The number of anilines is 1. The second-order valence-corrected chi connectivity index (χ2v) is 6.44. The van der Waals surface area contributed by atoms with E-state index < -0.39 is 0 Å². The summed E-state index contributed by atoms with van der Waals surface area (Å²) in [6, 6.07) is 0.447. The maximum Gasteiger partial charge on any atom is 0.137 e. The first kappa shape index (κ1) is 16.2. The van der Waals surface area contributed by atoms with E-state index >= 15 is 0 Å². The molecule has 4 heteroatoms. The molecule has 0 aliphatic heterocycles. The highest BCUT2D eigenvalue weighted by Gasteiger charge is 2.23. The summed E-state index contributed by atoms with van der Waals surface area (Å²) >= 11 is 6.30. The maximum atomic E-state index is 6.30. The van der Waals surface area contributed by atoms with Crippen LogP contribution in [0.1, 0.15) is 59.4 Å². The summed E-state index contributed by atoms with van der Waals surface area (Å²) in [7, 11) is 0. The third-order valence-corrected chi connectivity index (χ3v) is 3.84. The first-order chi connectivity index (χ1) is 8.72. The van der Waals surface area contributed by atoms with Crippen molar-refractivity contribution >= 4 is 17.4 Å². The van der Waals surface area contributed by atoms with Gasteiger partial charge in [0.1, 0.15) is 16.8 Å². The Kier molecular flexibility index (Phi) is 5.19. The monoisotopic (exact) mass is 283 g/mol. The number of hydrogen-bond donors (Lipinski definition) is 0. The highest BCUT2D eigenvalue weighted by Crippen LogP contribution is 2.29. The SMILES string of the molecule is CCC(C)N(CC)c1nc(C(C)(C)C)nc(Cl)c1C. The lowest BCUT2D eigenvalue weighted by Crippen LogP contribution is -2.34. The van der Waals surface area contributed by atoms with Crippen molar-refractivity contribution in [2.45, 2.75) is 66.3 Å². The quantitative estimate of drug-likeness (QED) is 0.769. The molecule has 1 aromatic rings. The predicted octanol–water partition coefficient (Wildman–Crippen LogP) is 4.36. The van der Waals surface area contributed by atoms with E-state index in [4.69, 9.17) is 16.6 Å². The standard InChI is InChI=1S/C15H26ClN3/c1-8-10(3)19(9-2)13-11(4)12(16)17-14(18-13)15(5,6)7/h10H,8-9H2,1-7H3. The Morgan fingerprint density at radius 2 is 1.79 bits per heavy atom. The third kappa shape index (κ3) is 3.59. The highest BCUT2D eigenvalue weighted by atomic mass is 35.5. The minimum Gasteiger partial charge on any atom is -0.354 e. The Morgan fingerprint density at radius 3 is 2.21 bits per heavy atom. The molecule has 3 nitrogen and oxygen atoms in total. The molecule has 0 amide bonds. The Bertz CT molecular complexity index is 438. The molecule has 0 N–H and O–H groups in total. The Morgan fingerprint density at radius 1 is 1.21 bits per heavy atom. The van der Waals surface area contributed by atoms with Crippen molar-refractivity contribution in [3.05, 3.63) is 16.5 Å². The summed E-state index contributed by atoms with van der Waals surface area (Å²) in [4.78, 5) is 11.5. The zero-order valence-corrected chi connectivity index (χ0v) is 14.0. The molecular formula is C15H26ClN3. The largest absolute Gasteiger partial charge is 0.354 e. The van der Waals surface area contributed by atoms with Crippen LogP contribution in [0, 0.1) is 6.92 Å². The van der Waals surface area contributed by atoms with Crippen LogP contribution in [0.2, 0.25) is 5.15 Å². The van der Waals surface area contributed by atoms with Crippen LogP contribution < -0.4 is 4.90 Å². The van der Waals surface area contributed by atoms with E-state index in [0.717, 1.165) is 30.2 Å². The molecule has 0 bridgehead atoms. The van der Waals surface area contributed by atoms with Gasteiger partial charge in [0.15, 0.2) is 0 Å². The van der Waals surface area contributed by atoms with Gasteiger partial charge in [-0.05, 0) is 27.2 Å². The summed E-state index contributed by atoms with van der Waals surface area (Å²) in [5.74, 6) is 1.78. The summed E-state index contributed by atoms with van der Waals surface area (Å²) in [5.41, 5.74) is 0.873. The number of rotatable bonds is 4. The van der Waals surface area contributed by atoms with Crippen molar-refractivity contribution < 1.29 is 0 Å². The number of halogens is 1. The molecule has 0 saturated heterocycles. The first-order valence-corrected chi connectivity index (χ1v) is 7.41. The normalized spacial score (nSPS) is 13.5. The fraction of sp³-hybridized carbons (Fsp3) is 0.733. The van der Waals surface area contributed by atoms with Gasteiger partial charge in [-0.1, -0.05) is 39.3 Å². The first-order valence-electron chi connectivity index (χ1n) is 7.03. The van der Waals surface area contributed by atoms with Crippen molar-refractivity contribution in [2.24, 2.45) is 0 Å². The molecule has 1 rings (SSSR count).